The number of carbonyl (C=O) groups is 1. The second kappa shape index (κ2) is 6.65. The summed E-state index contributed by atoms with van der Waals surface area (Å²) in [4.78, 5) is 11.8. The Kier molecular flexibility index (Phi) is 4.65. The number of nitrogens with zero attached hydrogens (tertiary/aromatic N) is 2. The fourth-order valence-corrected chi connectivity index (χ4v) is 1.83. The van der Waals surface area contributed by atoms with Crippen LogP contribution in [0.4, 0.5) is 10.6 Å². The number of benzene rings is 1. The molecule has 7 nitrogen and oxygen atoms in total. The quantitative estimate of drug-likeness (QED) is 0.879. The minimum Gasteiger partial charge on any atom is -0.493 e. The summed E-state index contributed by atoms with van der Waals surface area (Å²) in [7, 11) is 4.91. The summed E-state index contributed by atoms with van der Waals surface area (Å²) in [5.74, 6) is 1.91. The number of ether oxygens (including phenoxy) is 2. The van der Waals surface area contributed by atoms with Crippen molar-refractivity contribution in [2.24, 2.45) is 7.05 Å². The van der Waals surface area contributed by atoms with Crippen molar-refractivity contribution in [2.45, 2.75) is 6.54 Å². The molecule has 1 aromatic carbocycles. The molecule has 0 radical (unpaired) electrons. The number of hydrogen-bond donors (Lipinski definition) is 2. The summed E-state index contributed by atoms with van der Waals surface area (Å²) in [6.45, 7) is 0.379. The third-order valence-corrected chi connectivity index (χ3v) is 2.96. The van der Waals surface area contributed by atoms with Gasteiger partial charge in [-0.1, -0.05) is 6.07 Å². The van der Waals surface area contributed by atoms with E-state index in [1.807, 2.05) is 12.1 Å². The number of aromatic nitrogens is 2. The molecule has 0 spiro atoms. The molecular weight excluding hydrogens is 272 g/mol. The largest absolute Gasteiger partial charge is 0.493 e. The molecule has 0 unspecified atom stereocenters. The predicted molar refractivity (Wildman–Crippen MR) is 78.6 cm³/mol. The van der Waals surface area contributed by atoms with Crippen LogP contribution < -0.4 is 20.1 Å². The molecule has 0 aliphatic rings. The van der Waals surface area contributed by atoms with Crippen molar-refractivity contribution in [1.82, 2.24) is 15.1 Å². The molecule has 2 amide bonds. The molecule has 2 N–H and O–H groups in total. The minimum atomic E-state index is -0.298. The van der Waals surface area contributed by atoms with Crippen LogP contribution in [0.5, 0.6) is 11.5 Å². The van der Waals surface area contributed by atoms with E-state index < -0.39 is 0 Å². The van der Waals surface area contributed by atoms with Crippen LogP contribution in [0.3, 0.4) is 0 Å². The lowest BCUT2D eigenvalue weighted by Crippen LogP contribution is -2.29. The SMILES string of the molecule is COc1ccc(CNC(=O)Nc2ccnn2C)cc1OC. The van der Waals surface area contributed by atoms with Gasteiger partial charge in [0, 0.05) is 19.7 Å². The van der Waals surface area contributed by atoms with Crippen molar-refractivity contribution in [3.8, 4) is 11.5 Å². The molecule has 0 bridgehead atoms. The van der Waals surface area contributed by atoms with Gasteiger partial charge in [-0.3, -0.25) is 10.00 Å². The lowest BCUT2D eigenvalue weighted by atomic mass is 10.2. The highest BCUT2D eigenvalue weighted by Crippen LogP contribution is 2.27. The number of hydrogen-bond acceptors (Lipinski definition) is 4. The molecule has 0 aliphatic carbocycles. The van der Waals surface area contributed by atoms with Gasteiger partial charge in [-0.15, -0.1) is 0 Å². The zero-order chi connectivity index (χ0) is 15.2. The van der Waals surface area contributed by atoms with Gasteiger partial charge in [0.25, 0.3) is 0 Å². The third kappa shape index (κ3) is 3.65. The van der Waals surface area contributed by atoms with Crippen molar-refractivity contribution >= 4 is 11.8 Å². The predicted octanol–water partition coefficient (Wildman–Crippen LogP) is 1.76. The fraction of sp³-hybridized carbons (Fsp3) is 0.286. The highest BCUT2D eigenvalue weighted by Gasteiger charge is 2.07. The van der Waals surface area contributed by atoms with Crippen LogP contribution in [0.25, 0.3) is 0 Å². The molecule has 0 saturated carbocycles. The Labute approximate surface area is 122 Å². The van der Waals surface area contributed by atoms with E-state index in [4.69, 9.17) is 9.47 Å². The first-order chi connectivity index (χ1) is 10.1. The zero-order valence-corrected chi connectivity index (χ0v) is 12.2. The Morgan fingerprint density at radius 3 is 2.62 bits per heavy atom. The van der Waals surface area contributed by atoms with Gasteiger partial charge in [0.1, 0.15) is 5.82 Å². The second-order valence-corrected chi connectivity index (χ2v) is 4.34. The van der Waals surface area contributed by atoms with Gasteiger partial charge in [0.2, 0.25) is 0 Å². The summed E-state index contributed by atoms with van der Waals surface area (Å²) >= 11 is 0. The van der Waals surface area contributed by atoms with Gasteiger partial charge >= 0.3 is 6.03 Å². The number of aryl methyl sites for hydroxylation is 1. The van der Waals surface area contributed by atoms with Crippen molar-refractivity contribution < 1.29 is 14.3 Å². The summed E-state index contributed by atoms with van der Waals surface area (Å²) in [6.07, 6.45) is 1.62. The molecule has 7 heteroatoms. The normalized spacial score (nSPS) is 10.0. The molecule has 2 aromatic rings. The molecule has 21 heavy (non-hydrogen) atoms. The van der Waals surface area contributed by atoms with E-state index in [2.05, 4.69) is 15.7 Å². The maximum Gasteiger partial charge on any atom is 0.320 e. The fourth-order valence-electron chi connectivity index (χ4n) is 1.83. The molecule has 112 valence electrons. The molecule has 0 aliphatic heterocycles. The monoisotopic (exact) mass is 290 g/mol. The lowest BCUT2D eigenvalue weighted by molar-refractivity contribution is 0.251. The van der Waals surface area contributed by atoms with Crippen LogP contribution in [0.15, 0.2) is 30.5 Å². The van der Waals surface area contributed by atoms with Crippen molar-refractivity contribution in [2.75, 3.05) is 19.5 Å². The minimum absolute atomic E-state index is 0.298. The number of methoxy groups -OCH3 is 2. The lowest BCUT2D eigenvalue weighted by Gasteiger charge is -2.11. The molecule has 0 fully saturated rings. The van der Waals surface area contributed by atoms with Gasteiger partial charge in [-0.25, -0.2) is 4.79 Å². The Morgan fingerprint density at radius 2 is 2.00 bits per heavy atom. The average Bonchev–Trinajstić information content (AvgIpc) is 2.90. The first kappa shape index (κ1) is 14.7. The molecule has 1 aromatic heterocycles. The zero-order valence-electron chi connectivity index (χ0n) is 12.2. The van der Waals surface area contributed by atoms with Crippen LogP contribution in [-0.4, -0.2) is 30.0 Å². The van der Waals surface area contributed by atoms with Crippen LogP contribution in [0.1, 0.15) is 5.56 Å². The maximum absolute atomic E-state index is 11.8. The second-order valence-electron chi connectivity index (χ2n) is 4.34. The summed E-state index contributed by atoms with van der Waals surface area (Å²) in [5.41, 5.74) is 0.910. The summed E-state index contributed by atoms with van der Waals surface area (Å²) in [5, 5.41) is 9.45. The topological polar surface area (TPSA) is 77.4 Å². The standard InChI is InChI=1S/C14H18N4O3/c1-18-13(6-7-16-18)17-14(19)15-9-10-4-5-11(20-2)12(8-10)21-3/h4-8H,9H2,1-3H3,(H2,15,17,19). The van der Waals surface area contributed by atoms with Crippen LogP contribution in [0, 0.1) is 0 Å². The Bertz CT molecular complexity index is 624. The van der Waals surface area contributed by atoms with E-state index in [-0.39, 0.29) is 6.03 Å². The molecule has 0 saturated heterocycles. The summed E-state index contributed by atoms with van der Waals surface area (Å²) < 4.78 is 12.0. The number of anilines is 1. The third-order valence-electron chi connectivity index (χ3n) is 2.96. The Morgan fingerprint density at radius 1 is 1.24 bits per heavy atom. The van der Waals surface area contributed by atoms with Crippen LogP contribution in [-0.2, 0) is 13.6 Å². The highest BCUT2D eigenvalue weighted by atomic mass is 16.5. The van der Waals surface area contributed by atoms with Gasteiger partial charge in [0.15, 0.2) is 11.5 Å². The summed E-state index contributed by atoms with van der Waals surface area (Å²) in [6, 6.07) is 6.91. The number of rotatable bonds is 5. The van der Waals surface area contributed by atoms with Crippen molar-refractivity contribution in [1.29, 1.82) is 0 Å². The van der Waals surface area contributed by atoms with E-state index >= 15 is 0 Å². The highest BCUT2D eigenvalue weighted by molar-refractivity contribution is 5.88. The van der Waals surface area contributed by atoms with Gasteiger partial charge < -0.3 is 14.8 Å². The maximum atomic E-state index is 11.8. The van der Waals surface area contributed by atoms with E-state index in [1.54, 1.807) is 44.3 Å². The van der Waals surface area contributed by atoms with Crippen molar-refractivity contribution in [3.63, 3.8) is 0 Å². The average molecular weight is 290 g/mol. The number of urea groups is 1. The van der Waals surface area contributed by atoms with Gasteiger partial charge in [0.05, 0.1) is 20.4 Å². The molecule has 2 rings (SSSR count). The molecular formula is C14H18N4O3. The first-order valence-corrected chi connectivity index (χ1v) is 6.38. The number of nitrogens with one attached hydrogen (secondary N) is 2. The number of carbonyl (C=O) groups excluding carboxylic acids is 1. The Balaban J connectivity index is 1.93. The Hall–Kier alpha value is -2.70. The van der Waals surface area contributed by atoms with E-state index in [1.165, 1.54) is 0 Å². The van der Waals surface area contributed by atoms with Gasteiger partial charge in [-0.05, 0) is 17.7 Å². The smallest absolute Gasteiger partial charge is 0.320 e. The molecule has 0 atom stereocenters. The number of amides is 2. The van der Waals surface area contributed by atoms with E-state index in [9.17, 15) is 4.79 Å². The first-order valence-electron chi connectivity index (χ1n) is 6.38. The van der Waals surface area contributed by atoms with E-state index in [0.29, 0.717) is 23.9 Å². The van der Waals surface area contributed by atoms with Crippen molar-refractivity contribution in [3.05, 3.63) is 36.0 Å². The van der Waals surface area contributed by atoms with Gasteiger partial charge in [-0.2, -0.15) is 5.10 Å². The van der Waals surface area contributed by atoms with Crippen LogP contribution in [0.2, 0.25) is 0 Å². The van der Waals surface area contributed by atoms with E-state index in [0.717, 1.165) is 5.56 Å². The van der Waals surface area contributed by atoms with Crippen LogP contribution >= 0.6 is 0 Å². The molecule has 1 heterocycles.